The molecule has 2 radical (unpaired) electrons. The summed E-state index contributed by atoms with van der Waals surface area (Å²) >= 11 is 1.36. The molecule has 0 N–H and O–H groups in total. The Labute approximate surface area is 409 Å². The molecule has 0 unspecified atom stereocenters. The summed E-state index contributed by atoms with van der Waals surface area (Å²) in [6, 6.07) is 41.7. The van der Waals surface area contributed by atoms with Crippen LogP contribution < -0.4 is 0 Å². The molecule has 0 amide bonds. The topological polar surface area (TPSA) is 0 Å². The summed E-state index contributed by atoms with van der Waals surface area (Å²) < 4.78 is 0. The number of benzene rings is 4. The number of rotatable bonds is 6. The number of fused-ring (bicyclic) bond motifs is 2. The second-order valence-corrected chi connectivity index (χ2v) is 19.6. The van der Waals surface area contributed by atoms with Gasteiger partial charge in [-0.3, -0.25) is 0 Å². The average molecular weight is 965 g/mol. The Morgan fingerprint density at radius 1 is 0.532 bits per heavy atom. The summed E-state index contributed by atoms with van der Waals surface area (Å²) in [6.07, 6.45) is 20.7. The Morgan fingerprint density at radius 3 is 1.13 bits per heavy atom. The van der Waals surface area contributed by atoms with Crippen LogP contribution in [0.4, 0.5) is 0 Å². The molecule has 2 aliphatic rings. The van der Waals surface area contributed by atoms with Crippen LogP contribution >= 0.6 is 24.8 Å². The first-order chi connectivity index (χ1) is 28.4. The molecule has 0 aliphatic heterocycles. The molecule has 336 valence electrons. The van der Waals surface area contributed by atoms with E-state index in [1.54, 1.807) is 0 Å². The van der Waals surface area contributed by atoms with Gasteiger partial charge in [-0.2, -0.15) is 18.6 Å². The van der Waals surface area contributed by atoms with E-state index >= 15 is 0 Å². The van der Waals surface area contributed by atoms with Crippen LogP contribution in [0.25, 0.3) is 43.8 Å². The second kappa shape index (κ2) is 27.3. The van der Waals surface area contributed by atoms with Crippen molar-refractivity contribution < 1.29 is 23.3 Å². The van der Waals surface area contributed by atoms with E-state index < -0.39 is 0 Å². The quantitative estimate of drug-likeness (QED) is 0.0886. The Hall–Kier alpha value is -2.22. The molecule has 0 saturated heterocycles. The van der Waals surface area contributed by atoms with Gasteiger partial charge in [-0.25, -0.2) is 0 Å². The Kier molecular flexibility index (Phi) is 24.6. The second-order valence-electron chi connectivity index (χ2n) is 19.6. The van der Waals surface area contributed by atoms with Crippen LogP contribution in [0.1, 0.15) is 154 Å². The Balaban J connectivity index is 0.000000371. The van der Waals surface area contributed by atoms with Crippen molar-refractivity contribution in [2.75, 3.05) is 0 Å². The monoisotopic (exact) mass is 962 g/mol. The van der Waals surface area contributed by atoms with Crippen molar-refractivity contribution in [2.24, 2.45) is 11.8 Å². The maximum atomic E-state index is 3.49. The van der Waals surface area contributed by atoms with Crippen molar-refractivity contribution in [1.82, 2.24) is 0 Å². The van der Waals surface area contributed by atoms with Gasteiger partial charge in [0, 0.05) is 0 Å². The molecule has 0 atom stereocenters. The zero-order valence-electron chi connectivity index (χ0n) is 39.7. The summed E-state index contributed by atoms with van der Waals surface area (Å²) in [5.74, 6) is 1.78. The minimum atomic E-state index is 0. The van der Waals surface area contributed by atoms with Gasteiger partial charge in [-0.05, 0) is 57.8 Å². The fourth-order valence-corrected chi connectivity index (χ4v) is 9.44. The van der Waals surface area contributed by atoms with Crippen molar-refractivity contribution >= 4 is 53.2 Å². The van der Waals surface area contributed by atoms with Crippen LogP contribution in [-0.4, -0.2) is 6.88 Å². The van der Waals surface area contributed by atoms with Crippen molar-refractivity contribution in [2.45, 2.75) is 156 Å². The van der Waals surface area contributed by atoms with Crippen LogP contribution in [0.15, 0.2) is 109 Å². The van der Waals surface area contributed by atoms with Crippen molar-refractivity contribution in [3.63, 3.8) is 0 Å². The molecule has 0 spiro atoms. The van der Waals surface area contributed by atoms with Crippen LogP contribution in [0.2, 0.25) is 0 Å². The molecule has 0 nitrogen and oxygen atoms in total. The average Bonchev–Trinajstić information content (AvgIpc) is 3.61. The molecule has 6 aromatic carbocycles. The predicted octanol–water partition coefficient (Wildman–Crippen LogP) is 18.2. The molecular formula is C58H78Cl2SiZr-4. The molecule has 2 aliphatic carbocycles. The molecule has 4 heteroatoms. The third-order valence-corrected chi connectivity index (χ3v) is 12.7. The molecule has 8 rings (SSSR count). The first-order valence-corrected chi connectivity index (χ1v) is 27.2. The zero-order chi connectivity index (χ0) is 42.4. The van der Waals surface area contributed by atoms with Gasteiger partial charge in [-0.1, -0.05) is 197 Å². The van der Waals surface area contributed by atoms with Gasteiger partial charge < -0.3 is 14.4 Å². The molecule has 62 heavy (non-hydrogen) atoms. The van der Waals surface area contributed by atoms with Crippen LogP contribution in [-0.2, 0) is 47.0 Å². The van der Waals surface area contributed by atoms with E-state index in [2.05, 4.69) is 165 Å². The Morgan fingerprint density at radius 2 is 0.839 bits per heavy atom. The Bertz CT molecular complexity index is 1970. The van der Waals surface area contributed by atoms with E-state index in [4.69, 9.17) is 0 Å². The summed E-state index contributed by atoms with van der Waals surface area (Å²) in [5, 5.41) is 5.64. The minimum absolute atomic E-state index is 0. The third kappa shape index (κ3) is 16.0. The number of halogens is 2. The van der Waals surface area contributed by atoms with Gasteiger partial charge in [-0.15, -0.1) is 93.9 Å². The fourth-order valence-electron chi connectivity index (χ4n) is 9.44. The van der Waals surface area contributed by atoms with Crippen molar-refractivity contribution in [1.29, 1.82) is 0 Å². The first kappa shape index (κ1) is 55.9. The van der Waals surface area contributed by atoms with Crippen molar-refractivity contribution in [3.8, 4) is 22.3 Å². The summed E-state index contributed by atoms with van der Waals surface area (Å²) in [4.78, 5) is 0. The molecule has 0 aromatic heterocycles. The summed E-state index contributed by atoms with van der Waals surface area (Å²) in [7, 11) is 0. The maximum absolute atomic E-state index is 3.49. The molecule has 0 bridgehead atoms. The van der Waals surface area contributed by atoms with E-state index in [1.165, 1.54) is 179 Å². The van der Waals surface area contributed by atoms with Gasteiger partial charge in [0.2, 0.25) is 0 Å². The normalized spacial score (nSPS) is 14.8. The molecule has 6 aromatic rings. The molecule has 2 fully saturated rings. The van der Waals surface area contributed by atoms with E-state index in [1.807, 2.05) is 6.92 Å². The van der Waals surface area contributed by atoms with Crippen molar-refractivity contribution in [3.05, 3.63) is 146 Å². The molecule has 0 heterocycles. The first-order valence-electron chi connectivity index (χ1n) is 23.1. The predicted molar refractivity (Wildman–Crippen MR) is 279 cm³/mol. The van der Waals surface area contributed by atoms with E-state index in [0.29, 0.717) is 0 Å². The van der Waals surface area contributed by atoms with E-state index in [-0.39, 0.29) is 43.1 Å². The van der Waals surface area contributed by atoms with Crippen LogP contribution in [0.3, 0.4) is 0 Å². The molecular weight excluding hydrogens is 887 g/mol. The number of hydrogen-bond acceptors (Lipinski definition) is 0. The van der Waals surface area contributed by atoms with Gasteiger partial charge in [0.1, 0.15) is 0 Å². The molecule has 2 saturated carbocycles. The third-order valence-electron chi connectivity index (χ3n) is 12.7. The van der Waals surface area contributed by atoms with E-state index in [0.717, 1.165) is 18.3 Å². The SMILES string of the molecule is CC(C)(C)c1ccc(-c2cccc3[cH-]c(CC4CCCCCC4)cc23)cc1.CC(C)(C)c1ccc(-c2cccc3[cH-]c(CC4CCCCCC4)cc23)cc1.Cl.Cl.[CH2-]CC.[CH3-].[Si]=[Zr]. The van der Waals surface area contributed by atoms with Gasteiger partial charge >= 0.3 is 30.2 Å². The summed E-state index contributed by atoms with van der Waals surface area (Å²) in [6.45, 7) is 22.2. The van der Waals surface area contributed by atoms with Crippen LogP contribution in [0.5, 0.6) is 0 Å². The van der Waals surface area contributed by atoms with Gasteiger partial charge in [0.15, 0.2) is 0 Å². The van der Waals surface area contributed by atoms with Gasteiger partial charge in [0.25, 0.3) is 0 Å². The zero-order valence-corrected chi connectivity index (χ0v) is 44.8. The van der Waals surface area contributed by atoms with E-state index in [9.17, 15) is 0 Å². The standard InChI is InChI=1S/2C27H33.C3H7.CH3.2ClH.Si.Zr/c2*1-27(2,3)24-15-13-22(14-16-24)25-12-8-11-23-18-21(19-26(23)25)17-20-9-6-4-5-7-10-20;1-3-2;;;;;/h2*8,11-16,18-20H,4-7,9-10,17H2,1-3H3;1,3H2,2H3;1H3;2*1H;;/q4*-1;;;;. The van der Waals surface area contributed by atoms with Crippen LogP contribution in [0, 0.1) is 26.2 Å². The number of hydrogen-bond donors (Lipinski definition) is 0. The summed E-state index contributed by atoms with van der Waals surface area (Å²) in [5.41, 5.74) is 11.7. The fraction of sp³-hybridized carbons (Fsp3) is 0.448. The van der Waals surface area contributed by atoms with Gasteiger partial charge in [0.05, 0.1) is 0 Å².